The van der Waals surface area contributed by atoms with Gasteiger partial charge in [0.15, 0.2) is 5.78 Å². The minimum absolute atomic E-state index is 0.0483. The number of carbonyl (C=O) groups excluding carboxylic acids is 2. The number of rotatable bonds is 4. The van der Waals surface area contributed by atoms with Crippen LogP contribution in [0, 0.1) is 5.92 Å². The highest BCUT2D eigenvalue weighted by Crippen LogP contribution is 2.30. The quantitative estimate of drug-likeness (QED) is 0.848. The van der Waals surface area contributed by atoms with Crippen molar-refractivity contribution in [1.29, 1.82) is 0 Å². The minimum Gasteiger partial charge on any atom is -0.325 e. The molecule has 0 saturated heterocycles. The standard InChI is InChI=1S/C14H16ClNO2/c1-8(2)3-4-13(17)10-5-9-6-14(18)16-12(9)7-11(10)15/h5,7-8H,3-4,6H2,1-2H3,(H,16,18). The average Bonchev–Trinajstić information content (AvgIpc) is 2.64. The Kier molecular flexibility index (Phi) is 3.71. The lowest BCUT2D eigenvalue weighted by Gasteiger charge is -2.08. The van der Waals surface area contributed by atoms with E-state index in [0.29, 0.717) is 29.3 Å². The zero-order valence-electron chi connectivity index (χ0n) is 10.5. The molecular formula is C14H16ClNO2. The first-order valence-electron chi connectivity index (χ1n) is 6.13. The smallest absolute Gasteiger partial charge is 0.228 e. The molecule has 0 aromatic heterocycles. The number of halogens is 1. The zero-order valence-corrected chi connectivity index (χ0v) is 11.3. The van der Waals surface area contributed by atoms with E-state index in [9.17, 15) is 9.59 Å². The Hall–Kier alpha value is -1.35. The van der Waals surface area contributed by atoms with Crippen molar-refractivity contribution in [2.45, 2.75) is 33.1 Å². The third-order valence-electron chi connectivity index (χ3n) is 3.07. The normalized spacial score (nSPS) is 13.7. The molecule has 0 spiro atoms. The van der Waals surface area contributed by atoms with Crippen molar-refractivity contribution in [3.8, 4) is 0 Å². The zero-order chi connectivity index (χ0) is 13.3. The van der Waals surface area contributed by atoms with Crippen LogP contribution in [0.3, 0.4) is 0 Å². The van der Waals surface area contributed by atoms with Gasteiger partial charge in [0.1, 0.15) is 0 Å². The highest BCUT2D eigenvalue weighted by atomic mass is 35.5. The van der Waals surface area contributed by atoms with Crippen LogP contribution >= 0.6 is 11.6 Å². The van der Waals surface area contributed by atoms with Crippen LogP contribution in [0.5, 0.6) is 0 Å². The Morgan fingerprint density at radius 2 is 2.17 bits per heavy atom. The maximum Gasteiger partial charge on any atom is 0.228 e. The number of Topliss-reactive ketones (excluding diaryl/α,β-unsaturated/α-hetero) is 1. The van der Waals surface area contributed by atoms with Crippen molar-refractivity contribution >= 4 is 29.0 Å². The molecule has 1 N–H and O–H groups in total. The molecule has 1 aliphatic heterocycles. The highest BCUT2D eigenvalue weighted by molar-refractivity contribution is 6.34. The van der Waals surface area contributed by atoms with Gasteiger partial charge in [-0.25, -0.2) is 0 Å². The summed E-state index contributed by atoms with van der Waals surface area (Å²) in [6.07, 6.45) is 1.68. The number of hydrogen-bond donors (Lipinski definition) is 1. The van der Waals surface area contributed by atoms with Crippen LogP contribution in [0.25, 0.3) is 0 Å². The molecule has 1 aromatic carbocycles. The van der Waals surface area contributed by atoms with E-state index in [1.807, 2.05) is 0 Å². The molecule has 1 aromatic rings. The van der Waals surface area contributed by atoms with Crippen molar-refractivity contribution in [3.05, 3.63) is 28.3 Å². The van der Waals surface area contributed by atoms with Crippen molar-refractivity contribution < 1.29 is 9.59 Å². The predicted molar refractivity (Wildman–Crippen MR) is 72.2 cm³/mol. The number of hydrogen-bond acceptors (Lipinski definition) is 2. The Labute approximate surface area is 112 Å². The number of carbonyl (C=O) groups is 2. The summed E-state index contributed by atoms with van der Waals surface area (Å²) in [5.41, 5.74) is 2.12. The second-order valence-corrected chi connectivity index (χ2v) is 5.48. The van der Waals surface area contributed by atoms with Gasteiger partial charge in [0, 0.05) is 17.7 Å². The lowest BCUT2D eigenvalue weighted by molar-refractivity contribution is -0.115. The lowest BCUT2D eigenvalue weighted by Crippen LogP contribution is -2.03. The van der Waals surface area contributed by atoms with Crippen LogP contribution in [0.2, 0.25) is 5.02 Å². The Bertz CT molecular complexity index is 509. The molecule has 1 aliphatic rings. The summed E-state index contributed by atoms with van der Waals surface area (Å²) in [6.45, 7) is 4.17. The number of ketones is 1. The van der Waals surface area contributed by atoms with Gasteiger partial charge in [0.05, 0.1) is 11.4 Å². The van der Waals surface area contributed by atoms with Crippen LogP contribution < -0.4 is 5.32 Å². The summed E-state index contributed by atoms with van der Waals surface area (Å²) in [5.74, 6) is 0.495. The molecule has 0 bridgehead atoms. The Balaban J connectivity index is 2.22. The molecular weight excluding hydrogens is 250 g/mol. The molecule has 0 radical (unpaired) electrons. The second kappa shape index (κ2) is 5.11. The molecule has 0 aliphatic carbocycles. The number of nitrogens with one attached hydrogen (secondary N) is 1. The van der Waals surface area contributed by atoms with Gasteiger partial charge in [0.25, 0.3) is 0 Å². The maximum absolute atomic E-state index is 12.1. The van der Waals surface area contributed by atoms with E-state index in [1.54, 1.807) is 12.1 Å². The number of benzene rings is 1. The fraction of sp³-hybridized carbons (Fsp3) is 0.429. The highest BCUT2D eigenvalue weighted by Gasteiger charge is 2.21. The van der Waals surface area contributed by atoms with Gasteiger partial charge in [0.2, 0.25) is 5.91 Å². The second-order valence-electron chi connectivity index (χ2n) is 5.07. The lowest BCUT2D eigenvalue weighted by atomic mass is 9.99. The number of fused-ring (bicyclic) bond motifs is 1. The van der Waals surface area contributed by atoms with Gasteiger partial charge in [-0.05, 0) is 30.0 Å². The minimum atomic E-state index is -0.0483. The van der Waals surface area contributed by atoms with Gasteiger partial charge in [-0.15, -0.1) is 0 Å². The van der Waals surface area contributed by atoms with Crippen molar-refractivity contribution in [2.24, 2.45) is 5.92 Å². The van der Waals surface area contributed by atoms with E-state index in [2.05, 4.69) is 19.2 Å². The summed E-state index contributed by atoms with van der Waals surface area (Å²) in [6, 6.07) is 3.42. The van der Waals surface area contributed by atoms with Crippen molar-refractivity contribution in [2.75, 3.05) is 5.32 Å². The largest absolute Gasteiger partial charge is 0.325 e. The van der Waals surface area contributed by atoms with Gasteiger partial charge >= 0.3 is 0 Å². The first-order chi connectivity index (χ1) is 8.47. The molecule has 1 heterocycles. The molecule has 2 rings (SSSR count). The van der Waals surface area contributed by atoms with Crippen molar-refractivity contribution in [1.82, 2.24) is 0 Å². The molecule has 1 amide bonds. The maximum atomic E-state index is 12.1. The third kappa shape index (κ3) is 2.72. The Morgan fingerprint density at radius 3 is 2.83 bits per heavy atom. The van der Waals surface area contributed by atoms with Crippen LogP contribution in [0.4, 0.5) is 5.69 Å². The van der Waals surface area contributed by atoms with E-state index >= 15 is 0 Å². The van der Waals surface area contributed by atoms with Crippen LogP contribution in [-0.2, 0) is 11.2 Å². The molecule has 0 fully saturated rings. The molecule has 0 saturated carbocycles. The fourth-order valence-corrected chi connectivity index (χ4v) is 2.29. The van der Waals surface area contributed by atoms with E-state index in [1.165, 1.54) is 0 Å². The first-order valence-corrected chi connectivity index (χ1v) is 6.50. The summed E-state index contributed by atoms with van der Waals surface area (Å²) in [4.78, 5) is 23.3. The molecule has 3 nitrogen and oxygen atoms in total. The predicted octanol–water partition coefficient (Wildman–Crippen LogP) is 3.45. The number of anilines is 1. The number of amides is 1. The first kappa shape index (κ1) is 13.1. The summed E-state index contributed by atoms with van der Waals surface area (Å²) in [7, 11) is 0. The van der Waals surface area contributed by atoms with Crippen LogP contribution in [0.1, 0.15) is 42.6 Å². The summed E-state index contributed by atoms with van der Waals surface area (Å²) >= 11 is 6.09. The molecule has 18 heavy (non-hydrogen) atoms. The van der Waals surface area contributed by atoms with Crippen LogP contribution in [-0.4, -0.2) is 11.7 Å². The van der Waals surface area contributed by atoms with Crippen LogP contribution in [0.15, 0.2) is 12.1 Å². The molecule has 4 heteroatoms. The van der Waals surface area contributed by atoms with Gasteiger partial charge in [-0.3, -0.25) is 9.59 Å². The summed E-state index contributed by atoms with van der Waals surface area (Å²) in [5, 5.41) is 3.14. The monoisotopic (exact) mass is 265 g/mol. The Morgan fingerprint density at radius 1 is 1.44 bits per heavy atom. The van der Waals surface area contributed by atoms with E-state index in [0.717, 1.165) is 17.7 Å². The average molecular weight is 266 g/mol. The molecule has 0 unspecified atom stereocenters. The van der Waals surface area contributed by atoms with Crippen molar-refractivity contribution in [3.63, 3.8) is 0 Å². The van der Waals surface area contributed by atoms with Gasteiger partial charge < -0.3 is 5.32 Å². The van der Waals surface area contributed by atoms with Gasteiger partial charge in [-0.2, -0.15) is 0 Å². The summed E-state index contributed by atoms with van der Waals surface area (Å²) < 4.78 is 0. The SMILES string of the molecule is CC(C)CCC(=O)c1cc2c(cc1Cl)NC(=O)C2. The fourth-order valence-electron chi connectivity index (χ4n) is 2.02. The molecule has 96 valence electrons. The van der Waals surface area contributed by atoms with E-state index in [4.69, 9.17) is 11.6 Å². The van der Waals surface area contributed by atoms with Gasteiger partial charge in [-0.1, -0.05) is 25.4 Å². The topological polar surface area (TPSA) is 46.2 Å². The molecule has 0 atom stereocenters. The van der Waals surface area contributed by atoms with E-state index in [-0.39, 0.29) is 11.7 Å². The van der Waals surface area contributed by atoms with E-state index < -0.39 is 0 Å². The third-order valence-corrected chi connectivity index (χ3v) is 3.38.